The summed E-state index contributed by atoms with van der Waals surface area (Å²) in [7, 11) is 0. The first-order valence-electron chi connectivity index (χ1n) is 7.12. The SMILES string of the molecule is CC(=O)CC(C)=O.CC(=O)CC(C)=O.C[CH](C)[Ti][CH](C)C. The van der Waals surface area contributed by atoms with Gasteiger partial charge in [0.25, 0.3) is 0 Å². The Bertz CT molecular complexity index is 277. The topological polar surface area (TPSA) is 68.3 Å². The molecule has 0 rings (SSSR count). The molecule has 0 spiro atoms. The van der Waals surface area contributed by atoms with Crippen LogP contribution in [0, 0.1) is 0 Å². The van der Waals surface area contributed by atoms with Crippen LogP contribution in [0.1, 0.15) is 68.2 Å². The summed E-state index contributed by atoms with van der Waals surface area (Å²) in [6.07, 6.45) is 0.167. The minimum absolute atomic E-state index is 0.0625. The van der Waals surface area contributed by atoms with Gasteiger partial charge in [0.15, 0.2) is 0 Å². The molecule has 0 aromatic rings. The number of Topliss-reactive ketones (excluding diaryl/α,β-unsaturated/α-hetero) is 4. The molecule has 0 N–H and O–H groups in total. The number of carbonyl (C=O) groups is 4. The second-order valence-corrected chi connectivity index (χ2v) is 9.76. The normalized spacial score (nSPS) is 9.05. The standard InChI is InChI=1S/2C5H8O2.2C3H7.Ti/c2*1-4(6)3-5(2)7;2*1-3-2;/h2*3H2,1-2H3;2*3H,1-2H3;. The van der Waals surface area contributed by atoms with Gasteiger partial charge in [-0.15, -0.1) is 0 Å². The molecular formula is C16H30O4Ti. The summed E-state index contributed by atoms with van der Waals surface area (Å²) in [5.41, 5.74) is 0. The monoisotopic (exact) mass is 334 g/mol. The quantitative estimate of drug-likeness (QED) is 0.547. The number of ketones is 4. The van der Waals surface area contributed by atoms with E-state index in [4.69, 9.17) is 0 Å². The van der Waals surface area contributed by atoms with Gasteiger partial charge in [0, 0.05) is 0 Å². The van der Waals surface area contributed by atoms with E-state index in [1.165, 1.54) is 27.7 Å². The van der Waals surface area contributed by atoms with Crippen LogP contribution in [-0.2, 0) is 38.3 Å². The molecule has 0 amide bonds. The molecule has 21 heavy (non-hydrogen) atoms. The maximum absolute atomic E-state index is 10.0. The summed E-state index contributed by atoms with van der Waals surface area (Å²) in [5, 5.41) is 0. The summed E-state index contributed by atoms with van der Waals surface area (Å²) in [6, 6.07) is 0. The van der Waals surface area contributed by atoms with Crippen LogP contribution in [0.2, 0.25) is 8.45 Å². The fourth-order valence-corrected chi connectivity index (χ4v) is 3.45. The summed E-state index contributed by atoms with van der Waals surface area (Å²) < 4.78 is 2.00. The Labute approximate surface area is 138 Å². The first-order valence-corrected chi connectivity index (χ1v) is 8.92. The van der Waals surface area contributed by atoms with Crippen LogP contribution in [0.3, 0.4) is 0 Å². The van der Waals surface area contributed by atoms with Crippen LogP contribution in [0.15, 0.2) is 0 Å². The molecule has 0 unspecified atom stereocenters. The summed E-state index contributed by atoms with van der Waals surface area (Å²) >= 11 is 0.389. The van der Waals surface area contributed by atoms with Gasteiger partial charge in [-0.2, -0.15) is 0 Å². The zero-order chi connectivity index (χ0) is 17.6. The molecule has 0 saturated heterocycles. The van der Waals surface area contributed by atoms with E-state index < -0.39 is 0 Å². The first-order chi connectivity index (χ1) is 9.38. The van der Waals surface area contributed by atoms with E-state index in [1.54, 1.807) is 0 Å². The van der Waals surface area contributed by atoms with Crippen molar-refractivity contribution in [1.82, 2.24) is 0 Å². The van der Waals surface area contributed by atoms with E-state index in [-0.39, 0.29) is 36.0 Å². The molecular weight excluding hydrogens is 304 g/mol. The van der Waals surface area contributed by atoms with Crippen molar-refractivity contribution in [3.05, 3.63) is 0 Å². The number of rotatable bonds is 6. The van der Waals surface area contributed by atoms with Crippen molar-refractivity contribution in [2.24, 2.45) is 0 Å². The van der Waals surface area contributed by atoms with Gasteiger partial charge in [-0.3, -0.25) is 19.2 Å². The Hall–Kier alpha value is -0.606. The number of hydrogen-bond acceptors (Lipinski definition) is 4. The van der Waals surface area contributed by atoms with Gasteiger partial charge in [0.1, 0.15) is 23.1 Å². The second-order valence-electron chi connectivity index (χ2n) is 5.64. The van der Waals surface area contributed by atoms with Crippen LogP contribution in [0.25, 0.3) is 0 Å². The Balaban J connectivity index is -0.000000231. The molecule has 5 heteroatoms. The van der Waals surface area contributed by atoms with Crippen molar-refractivity contribution in [2.75, 3.05) is 0 Å². The third-order valence-electron chi connectivity index (χ3n) is 1.66. The predicted octanol–water partition coefficient (Wildman–Crippen LogP) is 3.83. The first kappa shape index (κ1) is 25.4. The molecule has 0 radical (unpaired) electrons. The average molecular weight is 334 g/mol. The van der Waals surface area contributed by atoms with Gasteiger partial charge in [0.05, 0.1) is 12.8 Å². The zero-order valence-electron chi connectivity index (χ0n) is 14.7. The molecule has 0 saturated carbocycles. The number of carbonyl (C=O) groups excluding carboxylic acids is 4. The summed E-state index contributed by atoms with van der Waals surface area (Å²) in [4.78, 5) is 40.1. The molecule has 0 aliphatic carbocycles. The van der Waals surface area contributed by atoms with Crippen LogP contribution >= 0.6 is 0 Å². The van der Waals surface area contributed by atoms with Gasteiger partial charge in [-0.05, 0) is 27.7 Å². The van der Waals surface area contributed by atoms with Crippen LogP contribution in [0.5, 0.6) is 0 Å². The van der Waals surface area contributed by atoms with E-state index in [9.17, 15) is 19.2 Å². The number of hydrogen-bond donors (Lipinski definition) is 0. The Morgan fingerprint density at radius 1 is 0.619 bits per heavy atom. The van der Waals surface area contributed by atoms with E-state index in [1.807, 2.05) is 0 Å². The Kier molecular flexibility index (Phi) is 19.0. The molecule has 4 nitrogen and oxygen atoms in total. The summed E-state index contributed by atoms with van der Waals surface area (Å²) in [6.45, 7) is 14.9. The van der Waals surface area contributed by atoms with Gasteiger partial charge >= 0.3 is 55.3 Å². The van der Waals surface area contributed by atoms with Gasteiger partial charge in [0.2, 0.25) is 0 Å². The van der Waals surface area contributed by atoms with Crippen molar-refractivity contribution in [3.63, 3.8) is 0 Å². The second kappa shape index (κ2) is 15.8. The van der Waals surface area contributed by atoms with Crippen LogP contribution in [0.4, 0.5) is 0 Å². The van der Waals surface area contributed by atoms with Crippen LogP contribution < -0.4 is 0 Å². The van der Waals surface area contributed by atoms with E-state index in [0.717, 1.165) is 8.45 Å². The zero-order valence-corrected chi connectivity index (χ0v) is 16.3. The molecule has 0 aromatic carbocycles. The average Bonchev–Trinajstić information content (AvgIpc) is 2.10. The molecule has 0 bridgehead atoms. The Morgan fingerprint density at radius 2 is 0.810 bits per heavy atom. The molecule has 0 aliphatic heterocycles. The summed E-state index contributed by atoms with van der Waals surface area (Å²) in [5.74, 6) is -0.250. The van der Waals surface area contributed by atoms with E-state index >= 15 is 0 Å². The van der Waals surface area contributed by atoms with Crippen molar-refractivity contribution >= 4 is 23.1 Å². The van der Waals surface area contributed by atoms with Crippen LogP contribution in [-0.4, -0.2) is 23.1 Å². The maximum atomic E-state index is 10.0. The molecule has 122 valence electrons. The van der Waals surface area contributed by atoms with Gasteiger partial charge in [-0.1, -0.05) is 0 Å². The van der Waals surface area contributed by atoms with Crippen molar-refractivity contribution < 1.29 is 38.3 Å². The Morgan fingerprint density at radius 3 is 0.810 bits per heavy atom. The molecule has 0 aliphatic rings. The predicted molar refractivity (Wildman–Crippen MR) is 82.2 cm³/mol. The van der Waals surface area contributed by atoms with Crippen molar-refractivity contribution in [1.29, 1.82) is 0 Å². The molecule has 0 atom stereocenters. The van der Waals surface area contributed by atoms with Crippen molar-refractivity contribution in [2.45, 2.75) is 76.7 Å². The molecule has 0 fully saturated rings. The fourth-order valence-electron chi connectivity index (χ4n) is 1.37. The van der Waals surface area contributed by atoms with Crippen molar-refractivity contribution in [3.8, 4) is 0 Å². The fraction of sp³-hybridized carbons (Fsp3) is 0.750. The van der Waals surface area contributed by atoms with E-state index in [0.29, 0.717) is 19.2 Å². The van der Waals surface area contributed by atoms with E-state index in [2.05, 4.69) is 27.7 Å². The molecule has 0 heterocycles. The molecule has 0 aromatic heterocycles. The third-order valence-corrected chi connectivity index (χ3v) is 3.74. The third kappa shape index (κ3) is 45.2. The van der Waals surface area contributed by atoms with Gasteiger partial charge < -0.3 is 0 Å². The van der Waals surface area contributed by atoms with Gasteiger partial charge in [-0.25, -0.2) is 0 Å². The minimum atomic E-state index is -0.0625.